The van der Waals surface area contributed by atoms with Gasteiger partial charge in [-0.3, -0.25) is 9.78 Å². The second kappa shape index (κ2) is 4.92. The van der Waals surface area contributed by atoms with Crippen molar-refractivity contribution in [1.82, 2.24) is 24.8 Å². The molecular weight excluding hydrogens is 314 g/mol. The topological polar surface area (TPSA) is 128 Å². The summed E-state index contributed by atoms with van der Waals surface area (Å²) in [4.78, 5) is 15.7. The van der Waals surface area contributed by atoms with Gasteiger partial charge in [-0.1, -0.05) is 18.2 Å². The Morgan fingerprint density at radius 1 is 1.09 bits per heavy atom. The lowest BCUT2D eigenvalue weighted by Gasteiger charge is -2.04. The van der Waals surface area contributed by atoms with Gasteiger partial charge in [-0.25, -0.2) is 0 Å². The van der Waals surface area contributed by atoms with Gasteiger partial charge in [0.2, 0.25) is 0 Å². The molecule has 0 atom stereocenters. The fourth-order valence-corrected chi connectivity index (χ4v) is 3.02. The van der Waals surface area contributed by atoms with Crippen LogP contribution in [0.1, 0.15) is 0 Å². The predicted molar refractivity (Wildman–Crippen MR) is 89.0 cm³/mol. The highest BCUT2D eigenvalue weighted by molar-refractivity contribution is 7.19. The number of nitrogens with two attached hydrogens (primary N) is 2. The van der Waals surface area contributed by atoms with Crippen molar-refractivity contribution in [2.75, 3.05) is 11.5 Å². The second-order valence-electron chi connectivity index (χ2n) is 4.85. The average Bonchev–Trinajstić information content (AvgIpc) is 3.13. The number of rotatable bonds is 2. The van der Waals surface area contributed by atoms with Crippen molar-refractivity contribution in [2.24, 2.45) is 0 Å². The minimum absolute atomic E-state index is 0.209. The van der Waals surface area contributed by atoms with Crippen LogP contribution in [0.5, 0.6) is 0 Å². The first kappa shape index (κ1) is 13.5. The number of nitrogen functional groups attached to an aromatic ring is 2. The normalized spacial score (nSPS) is 11.1. The second-order valence-corrected chi connectivity index (χ2v) is 5.97. The van der Waals surface area contributed by atoms with Crippen LogP contribution in [0.3, 0.4) is 0 Å². The number of para-hydroxylation sites is 1. The van der Waals surface area contributed by atoms with Crippen molar-refractivity contribution in [3.05, 3.63) is 46.8 Å². The number of aromatic amines is 1. The van der Waals surface area contributed by atoms with E-state index in [2.05, 4.69) is 20.3 Å². The van der Waals surface area contributed by atoms with E-state index in [4.69, 9.17) is 11.5 Å². The third-order valence-corrected chi connectivity index (χ3v) is 4.25. The van der Waals surface area contributed by atoms with Crippen LogP contribution in [-0.2, 0) is 0 Å². The number of thiophene rings is 1. The van der Waals surface area contributed by atoms with Gasteiger partial charge in [-0.05, 0) is 18.2 Å². The van der Waals surface area contributed by atoms with Gasteiger partial charge >= 0.3 is 0 Å². The largest absolute Gasteiger partial charge is 0.398 e. The molecule has 4 rings (SSSR count). The Morgan fingerprint density at radius 3 is 2.65 bits per heavy atom. The van der Waals surface area contributed by atoms with Crippen molar-refractivity contribution in [3.63, 3.8) is 0 Å². The lowest BCUT2D eigenvalue weighted by Crippen LogP contribution is -2.16. The molecule has 0 aliphatic heterocycles. The molecule has 0 bridgehead atoms. The summed E-state index contributed by atoms with van der Waals surface area (Å²) in [6.45, 7) is 0. The summed E-state index contributed by atoms with van der Waals surface area (Å²) in [5.41, 5.74) is 12.6. The molecule has 4 aromatic rings. The number of fused-ring (bicyclic) bond motifs is 1. The quantitative estimate of drug-likeness (QED) is 0.478. The van der Waals surface area contributed by atoms with E-state index in [1.807, 2.05) is 6.07 Å². The minimum atomic E-state index is -0.375. The molecule has 114 valence electrons. The molecule has 0 spiro atoms. The maximum Gasteiger partial charge on any atom is 0.279 e. The number of H-pyrrole nitrogens is 1. The van der Waals surface area contributed by atoms with E-state index < -0.39 is 0 Å². The van der Waals surface area contributed by atoms with Crippen LogP contribution < -0.4 is 17.0 Å². The van der Waals surface area contributed by atoms with Crippen LogP contribution in [0, 0.1) is 0 Å². The fraction of sp³-hybridized carbons (Fsp3) is 0. The smallest absolute Gasteiger partial charge is 0.279 e. The highest BCUT2D eigenvalue weighted by Crippen LogP contribution is 2.28. The molecule has 3 aromatic heterocycles. The molecule has 5 N–H and O–H groups in total. The number of benzene rings is 1. The fourth-order valence-electron chi connectivity index (χ4n) is 2.27. The van der Waals surface area contributed by atoms with Crippen LogP contribution in [0.15, 0.2) is 41.2 Å². The third kappa shape index (κ3) is 2.14. The molecule has 0 unspecified atom stereocenters. The summed E-state index contributed by atoms with van der Waals surface area (Å²) in [5.74, 6) is 0.768. The zero-order chi connectivity index (χ0) is 16.0. The van der Waals surface area contributed by atoms with Crippen molar-refractivity contribution >= 4 is 27.8 Å². The molecule has 0 radical (unpaired) electrons. The van der Waals surface area contributed by atoms with E-state index in [0.717, 1.165) is 4.88 Å². The number of nitrogens with one attached hydrogen (secondary N) is 1. The Balaban J connectivity index is 1.99. The standard InChI is InChI=1S/C14H11N7OS/c15-8-4-2-1-3-7(8)11-13(22)17-14-19-18-12(21(14)20-11)9-5-6-10(16)23-9/h1-6H,15-16H2,(H,17,19,22). The zero-order valence-corrected chi connectivity index (χ0v) is 12.5. The number of aromatic nitrogens is 5. The Kier molecular flexibility index (Phi) is 2.88. The molecule has 1 aromatic carbocycles. The first-order valence-corrected chi connectivity index (χ1v) is 7.51. The van der Waals surface area contributed by atoms with Crippen LogP contribution in [-0.4, -0.2) is 24.8 Å². The van der Waals surface area contributed by atoms with E-state index in [1.54, 1.807) is 30.3 Å². The molecular formula is C14H11N7OS. The van der Waals surface area contributed by atoms with E-state index in [-0.39, 0.29) is 17.0 Å². The van der Waals surface area contributed by atoms with Crippen molar-refractivity contribution in [2.45, 2.75) is 0 Å². The lowest BCUT2D eigenvalue weighted by molar-refractivity contribution is 0.900. The Morgan fingerprint density at radius 2 is 1.91 bits per heavy atom. The van der Waals surface area contributed by atoms with Crippen molar-refractivity contribution < 1.29 is 0 Å². The summed E-state index contributed by atoms with van der Waals surface area (Å²) in [5, 5.41) is 13.1. The molecule has 3 heterocycles. The molecule has 0 aliphatic rings. The van der Waals surface area contributed by atoms with E-state index in [0.29, 0.717) is 22.1 Å². The van der Waals surface area contributed by atoms with Crippen molar-refractivity contribution in [3.8, 4) is 22.0 Å². The molecule has 0 saturated heterocycles. The summed E-state index contributed by atoms with van der Waals surface area (Å²) in [7, 11) is 0. The Hall–Kier alpha value is -3.20. The zero-order valence-electron chi connectivity index (χ0n) is 11.7. The first-order valence-electron chi connectivity index (χ1n) is 6.70. The molecule has 0 amide bonds. The van der Waals surface area contributed by atoms with Crippen LogP contribution in [0.4, 0.5) is 10.7 Å². The molecule has 23 heavy (non-hydrogen) atoms. The number of hydrogen-bond donors (Lipinski definition) is 3. The van der Waals surface area contributed by atoms with Gasteiger partial charge in [0.05, 0.1) is 9.88 Å². The van der Waals surface area contributed by atoms with Gasteiger partial charge in [0, 0.05) is 11.3 Å². The predicted octanol–water partition coefficient (Wildman–Crippen LogP) is 1.37. The van der Waals surface area contributed by atoms with Crippen LogP contribution in [0.2, 0.25) is 0 Å². The maximum absolute atomic E-state index is 12.3. The summed E-state index contributed by atoms with van der Waals surface area (Å²) in [6.07, 6.45) is 0. The lowest BCUT2D eigenvalue weighted by atomic mass is 10.1. The van der Waals surface area contributed by atoms with E-state index in [1.165, 1.54) is 15.9 Å². The Bertz CT molecular complexity index is 1080. The van der Waals surface area contributed by atoms with Gasteiger partial charge in [-0.2, -0.15) is 9.61 Å². The molecule has 0 fully saturated rings. The highest BCUT2D eigenvalue weighted by atomic mass is 32.1. The van der Waals surface area contributed by atoms with E-state index >= 15 is 0 Å². The molecule has 0 aliphatic carbocycles. The number of nitrogens with zero attached hydrogens (tertiary/aromatic N) is 4. The molecule has 8 nitrogen and oxygen atoms in total. The third-order valence-electron chi connectivity index (χ3n) is 3.34. The Labute approximate surface area is 133 Å². The summed E-state index contributed by atoms with van der Waals surface area (Å²) >= 11 is 1.37. The van der Waals surface area contributed by atoms with Gasteiger partial charge in [0.25, 0.3) is 11.3 Å². The number of anilines is 2. The maximum atomic E-state index is 12.3. The summed E-state index contributed by atoms with van der Waals surface area (Å²) < 4.78 is 1.48. The van der Waals surface area contributed by atoms with Crippen LogP contribution in [0.25, 0.3) is 27.7 Å². The van der Waals surface area contributed by atoms with Gasteiger partial charge < -0.3 is 11.5 Å². The van der Waals surface area contributed by atoms with Gasteiger partial charge in [0.1, 0.15) is 0 Å². The van der Waals surface area contributed by atoms with Crippen molar-refractivity contribution in [1.29, 1.82) is 0 Å². The van der Waals surface area contributed by atoms with Gasteiger partial charge in [0.15, 0.2) is 11.5 Å². The average molecular weight is 325 g/mol. The SMILES string of the molecule is Nc1ccc(-c2nnc3[nH]c(=O)c(-c4ccccc4N)nn23)s1. The van der Waals surface area contributed by atoms with E-state index in [9.17, 15) is 4.79 Å². The monoisotopic (exact) mass is 325 g/mol. The van der Waals surface area contributed by atoms with Crippen LogP contribution >= 0.6 is 11.3 Å². The number of hydrogen-bond acceptors (Lipinski definition) is 7. The molecule has 0 saturated carbocycles. The molecule has 9 heteroatoms. The van der Waals surface area contributed by atoms with Gasteiger partial charge in [-0.15, -0.1) is 21.5 Å². The highest BCUT2D eigenvalue weighted by Gasteiger charge is 2.16. The first-order chi connectivity index (χ1) is 11.1. The summed E-state index contributed by atoms with van der Waals surface area (Å²) in [6, 6.07) is 10.7. The minimum Gasteiger partial charge on any atom is -0.398 e.